The summed E-state index contributed by atoms with van der Waals surface area (Å²) in [5.74, 6) is 0. The van der Waals surface area contributed by atoms with Crippen molar-refractivity contribution in [3.05, 3.63) is 12.7 Å². The molecule has 0 aliphatic heterocycles. The third kappa shape index (κ3) is 27.2. The number of nitrogens with zero attached hydrogens (tertiary/aromatic N) is 1. The second kappa shape index (κ2) is 16.1. The van der Waals surface area contributed by atoms with Crippen LogP contribution >= 0.6 is 0 Å². The predicted molar refractivity (Wildman–Crippen MR) is 48.4 cm³/mol. The maximum absolute atomic E-state index is 9.48. The molecular weight excluding hydrogens is 138 g/mol. The fourth-order valence-corrected chi connectivity index (χ4v) is 0.487. The molecule has 0 unspecified atom stereocenters. The molecule has 2 heteroatoms. The van der Waals surface area contributed by atoms with Crippen LogP contribution in [0.3, 0.4) is 0 Å². The van der Waals surface area contributed by atoms with Crippen molar-refractivity contribution >= 4 is 6.08 Å². The molecule has 0 rings (SSSR count). The molecule has 0 amide bonds. The highest BCUT2D eigenvalue weighted by atomic mass is 16.1. The minimum atomic E-state index is 0.650. The molecule has 0 aromatic heterocycles. The zero-order chi connectivity index (χ0) is 8.95. The molecule has 11 heavy (non-hydrogen) atoms. The average Bonchev–Trinajstić information content (AvgIpc) is 2.00. The van der Waals surface area contributed by atoms with Crippen LogP contribution in [0.1, 0.15) is 33.1 Å². The molecule has 2 nitrogen and oxygen atoms in total. The van der Waals surface area contributed by atoms with Gasteiger partial charge < -0.3 is 0 Å². The predicted octanol–water partition coefficient (Wildman–Crippen LogP) is 2.70. The van der Waals surface area contributed by atoms with Crippen LogP contribution in [0.2, 0.25) is 0 Å². The Morgan fingerprint density at radius 1 is 1.55 bits per heavy atom. The van der Waals surface area contributed by atoms with E-state index in [1.54, 1.807) is 6.08 Å². The molecule has 0 saturated heterocycles. The Morgan fingerprint density at radius 3 is 2.45 bits per heavy atom. The van der Waals surface area contributed by atoms with Crippen LogP contribution in [-0.4, -0.2) is 12.6 Å². The molecular formula is C9H17NO. The van der Waals surface area contributed by atoms with E-state index >= 15 is 0 Å². The molecule has 0 aliphatic rings. The molecule has 0 aliphatic carbocycles. The first kappa shape index (κ1) is 12.8. The quantitative estimate of drug-likeness (QED) is 0.265. The van der Waals surface area contributed by atoms with Gasteiger partial charge in [-0.2, -0.15) is 0 Å². The standard InChI is InChI=1S/C6H11NO.C3H6/c1-2-3-4-5-7-6-8;1-3-2/h2-5H2,1H3;3H,1H2,2H3. The van der Waals surface area contributed by atoms with Gasteiger partial charge in [0.2, 0.25) is 6.08 Å². The summed E-state index contributed by atoms with van der Waals surface area (Å²) in [6, 6.07) is 0. The van der Waals surface area contributed by atoms with Crippen LogP contribution in [0.4, 0.5) is 0 Å². The van der Waals surface area contributed by atoms with Crippen molar-refractivity contribution in [2.24, 2.45) is 4.99 Å². The fraction of sp³-hybridized carbons (Fsp3) is 0.667. The van der Waals surface area contributed by atoms with Crippen molar-refractivity contribution in [2.75, 3.05) is 6.54 Å². The van der Waals surface area contributed by atoms with Gasteiger partial charge in [0.05, 0.1) is 6.54 Å². The van der Waals surface area contributed by atoms with Crippen LogP contribution < -0.4 is 0 Å². The molecule has 0 bridgehead atoms. The number of allylic oxidation sites excluding steroid dienone is 1. The SMILES string of the molecule is C=CC.CCCCCN=C=O. The van der Waals surface area contributed by atoms with Crippen molar-refractivity contribution in [3.63, 3.8) is 0 Å². The Kier molecular flexibility index (Phi) is 18.6. The van der Waals surface area contributed by atoms with Crippen molar-refractivity contribution in [3.8, 4) is 0 Å². The average molecular weight is 155 g/mol. The highest BCUT2D eigenvalue weighted by Crippen LogP contribution is 1.91. The van der Waals surface area contributed by atoms with E-state index in [-0.39, 0.29) is 0 Å². The number of hydrogen-bond donors (Lipinski definition) is 0. The summed E-state index contributed by atoms with van der Waals surface area (Å²) in [6.07, 6.45) is 6.60. The van der Waals surface area contributed by atoms with Crippen LogP contribution in [-0.2, 0) is 4.79 Å². The van der Waals surface area contributed by atoms with E-state index < -0.39 is 0 Å². The van der Waals surface area contributed by atoms with Gasteiger partial charge in [-0.25, -0.2) is 9.79 Å². The molecule has 0 aromatic carbocycles. The Bertz CT molecular complexity index is 115. The Labute approximate surface area is 69.0 Å². The van der Waals surface area contributed by atoms with E-state index in [0.29, 0.717) is 6.54 Å². The molecule has 0 spiro atoms. The van der Waals surface area contributed by atoms with Crippen molar-refractivity contribution < 1.29 is 4.79 Å². The summed E-state index contributed by atoms with van der Waals surface area (Å²) in [4.78, 5) is 12.9. The zero-order valence-electron chi connectivity index (χ0n) is 7.47. The van der Waals surface area contributed by atoms with E-state index in [2.05, 4.69) is 18.5 Å². The summed E-state index contributed by atoms with van der Waals surface area (Å²) in [5.41, 5.74) is 0. The molecule has 0 saturated carbocycles. The fourth-order valence-electron chi connectivity index (χ4n) is 0.487. The number of hydrogen-bond acceptors (Lipinski definition) is 2. The number of unbranched alkanes of at least 4 members (excludes halogenated alkanes) is 2. The smallest absolute Gasteiger partial charge is 0.211 e. The largest absolute Gasteiger partial charge is 0.234 e. The number of isocyanates is 1. The van der Waals surface area contributed by atoms with Crippen LogP contribution in [0.5, 0.6) is 0 Å². The monoisotopic (exact) mass is 155 g/mol. The molecule has 0 radical (unpaired) electrons. The Morgan fingerprint density at radius 2 is 2.09 bits per heavy atom. The maximum atomic E-state index is 9.48. The lowest BCUT2D eigenvalue weighted by Crippen LogP contribution is -1.77. The van der Waals surface area contributed by atoms with E-state index in [1.807, 2.05) is 6.92 Å². The molecule has 0 heterocycles. The lowest BCUT2D eigenvalue weighted by Gasteiger charge is -1.86. The van der Waals surface area contributed by atoms with E-state index in [0.717, 1.165) is 12.8 Å². The van der Waals surface area contributed by atoms with Gasteiger partial charge in [-0.3, -0.25) is 0 Å². The van der Waals surface area contributed by atoms with Gasteiger partial charge in [0.25, 0.3) is 0 Å². The second-order valence-corrected chi connectivity index (χ2v) is 2.09. The topological polar surface area (TPSA) is 29.4 Å². The van der Waals surface area contributed by atoms with E-state index in [4.69, 9.17) is 0 Å². The minimum absolute atomic E-state index is 0.650. The summed E-state index contributed by atoms with van der Waals surface area (Å²) < 4.78 is 0. The van der Waals surface area contributed by atoms with E-state index in [1.165, 1.54) is 12.5 Å². The van der Waals surface area contributed by atoms with Gasteiger partial charge >= 0.3 is 0 Å². The summed E-state index contributed by atoms with van der Waals surface area (Å²) in [6.45, 7) is 8.02. The molecule has 0 fully saturated rings. The summed E-state index contributed by atoms with van der Waals surface area (Å²) >= 11 is 0. The van der Waals surface area contributed by atoms with Crippen LogP contribution in [0.25, 0.3) is 0 Å². The third-order valence-corrected chi connectivity index (χ3v) is 0.938. The normalized spacial score (nSPS) is 7.09. The van der Waals surface area contributed by atoms with Gasteiger partial charge in [0, 0.05) is 0 Å². The lowest BCUT2D eigenvalue weighted by molar-refractivity contribution is 0.561. The molecule has 0 aromatic rings. The first-order valence-electron chi connectivity index (χ1n) is 3.94. The van der Waals surface area contributed by atoms with Gasteiger partial charge in [-0.1, -0.05) is 25.8 Å². The second-order valence-electron chi connectivity index (χ2n) is 2.09. The zero-order valence-corrected chi connectivity index (χ0v) is 7.47. The van der Waals surface area contributed by atoms with Crippen molar-refractivity contribution in [1.82, 2.24) is 0 Å². The maximum Gasteiger partial charge on any atom is 0.234 e. The van der Waals surface area contributed by atoms with Gasteiger partial charge in [-0.15, -0.1) is 6.58 Å². The summed E-state index contributed by atoms with van der Waals surface area (Å²) in [7, 11) is 0. The Balaban J connectivity index is 0. The van der Waals surface area contributed by atoms with Gasteiger partial charge in [-0.05, 0) is 13.3 Å². The summed E-state index contributed by atoms with van der Waals surface area (Å²) in [5, 5.41) is 0. The highest BCUT2D eigenvalue weighted by Gasteiger charge is 1.79. The van der Waals surface area contributed by atoms with Gasteiger partial charge in [0.1, 0.15) is 0 Å². The molecule has 0 N–H and O–H groups in total. The first-order chi connectivity index (χ1) is 5.33. The third-order valence-electron chi connectivity index (χ3n) is 0.938. The van der Waals surface area contributed by atoms with Crippen molar-refractivity contribution in [1.29, 1.82) is 0 Å². The van der Waals surface area contributed by atoms with Crippen LogP contribution in [0.15, 0.2) is 17.6 Å². The van der Waals surface area contributed by atoms with Crippen LogP contribution in [0, 0.1) is 0 Å². The van der Waals surface area contributed by atoms with E-state index in [9.17, 15) is 4.79 Å². The number of carbonyl (C=O) groups excluding carboxylic acids is 1. The van der Waals surface area contributed by atoms with Crippen molar-refractivity contribution in [2.45, 2.75) is 33.1 Å². The minimum Gasteiger partial charge on any atom is -0.211 e. The lowest BCUT2D eigenvalue weighted by atomic mass is 10.3. The number of rotatable bonds is 4. The number of aliphatic imine (C=N–C) groups is 1. The Hall–Kier alpha value is -0.880. The molecule has 64 valence electrons. The molecule has 0 atom stereocenters. The van der Waals surface area contributed by atoms with Gasteiger partial charge in [0.15, 0.2) is 0 Å². The first-order valence-corrected chi connectivity index (χ1v) is 3.94. The highest BCUT2D eigenvalue weighted by molar-refractivity contribution is 5.32.